The second-order valence-electron chi connectivity index (χ2n) is 16.9. The Morgan fingerprint density at radius 1 is 0.590 bits per heavy atom. The Kier molecular flexibility index (Phi) is 17.6. The molecule has 0 spiro atoms. The highest BCUT2D eigenvalue weighted by Gasteiger charge is 2.23. The van der Waals surface area contributed by atoms with E-state index in [4.69, 9.17) is 28.1 Å². The molecule has 0 aliphatic rings. The van der Waals surface area contributed by atoms with Gasteiger partial charge in [-0.1, -0.05) is 66.4 Å². The summed E-state index contributed by atoms with van der Waals surface area (Å²) in [6, 6.07) is 29.8. The topological polar surface area (TPSA) is 262 Å². The summed E-state index contributed by atoms with van der Waals surface area (Å²) < 4.78 is 77.2. The van der Waals surface area contributed by atoms with Crippen molar-refractivity contribution in [1.82, 2.24) is 23.7 Å². The molecular formula is C52H49N15O6S5. The van der Waals surface area contributed by atoms with Crippen LogP contribution in [0, 0.1) is 27.0 Å². The number of aromatic nitrogens is 5. The van der Waals surface area contributed by atoms with Gasteiger partial charge >= 0.3 is 0 Å². The molecule has 398 valence electrons. The van der Waals surface area contributed by atoms with Crippen LogP contribution in [0.5, 0.6) is 0 Å². The fourth-order valence-corrected chi connectivity index (χ4v) is 11.6. The zero-order valence-corrected chi connectivity index (χ0v) is 46.8. The van der Waals surface area contributed by atoms with Gasteiger partial charge in [-0.3, -0.25) is 9.11 Å². The largest absolute Gasteiger partial charge is 0.372 e. The lowest BCUT2D eigenvalue weighted by atomic mass is 10.1. The van der Waals surface area contributed by atoms with Gasteiger partial charge in [-0.15, -0.1) is 20.5 Å². The van der Waals surface area contributed by atoms with E-state index in [1.807, 2.05) is 82.3 Å². The number of aryl methyl sites for hydroxylation is 2. The van der Waals surface area contributed by atoms with Crippen molar-refractivity contribution in [2.24, 2.45) is 20.5 Å². The minimum atomic E-state index is -4.55. The van der Waals surface area contributed by atoms with Gasteiger partial charge in [-0.25, -0.2) is 18.4 Å². The SMILES string of the molecule is [C-]#[N+]c1c(-c2ccc(C)c(S(=O)(=O)O)c2)nsc1N=Nc1ccc(N(CC)CC)cc1Nc1nc(Nc2cc(N(CC)CC)ccc2N=Nc2snc(-c3ccc(C)c(S(=O)(=O)O)c3)c2[N+]#[C-])nc(SCc2ccccc2)n1. The Balaban J connectivity index is 1.19. The Morgan fingerprint density at radius 2 is 1.03 bits per heavy atom. The van der Waals surface area contributed by atoms with Crippen molar-refractivity contribution in [3.63, 3.8) is 0 Å². The molecule has 0 saturated carbocycles. The summed E-state index contributed by atoms with van der Waals surface area (Å²) in [6.07, 6.45) is 0. The first kappa shape index (κ1) is 56.1. The van der Waals surface area contributed by atoms with Gasteiger partial charge in [0.15, 0.2) is 15.2 Å². The number of hydrogen-bond donors (Lipinski definition) is 4. The summed E-state index contributed by atoms with van der Waals surface area (Å²) in [5, 5.41) is 25.6. The minimum absolute atomic E-state index is 0.0446. The lowest BCUT2D eigenvalue weighted by Gasteiger charge is -2.22. The maximum atomic E-state index is 12.1. The van der Waals surface area contributed by atoms with Crippen LogP contribution in [0.25, 0.3) is 32.2 Å². The van der Waals surface area contributed by atoms with Gasteiger partial charge in [0.1, 0.15) is 11.4 Å². The minimum Gasteiger partial charge on any atom is -0.372 e. The number of nitrogens with one attached hydrogen (secondary N) is 2. The van der Waals surface area contributed by atoms with Crippen LogP contribution < -0.4 is 20.4 Å². The average Bonchev–Trinajstić information content (AvgIpc) is 4.08. The molecular weight excluding hydrogens is 1090 g/mol. The van der Waals surface area contributed by atoms with E-state index in [0.29, 0.717) is 82.1 Å². The van der Waals surface area contributed by atoms with Crippen molar-refractivity contribution in [2.45, 2.75) is 62.2 Å². The summed E-state index contributed by atoms with van der Waals surface area (Å²) >= 11 is 3.21. The van der Waals surface area contributed by atoms with Crippen molar-refractivity contribution >= 4 is 122 Å². The standard InChI is InChI=1S/C52H49N15O6S5/c1-9-66(10-2)36-22-24-38(60-62-48-46(53-7)44(64-75-48)34-20-18-31(5)42(26-34)77(68,69)70)40(28-36)55-50-57-51(59-52(58-50)74-30-33-16-14-13-15-17-33)56-41-29-37(67(11-3)12-4)23-25-39(41)61-63-49-47(54-8)45(65-76-49)35-21-19-32(6)43(27-35)78(71,72)73/h13-29H,9-12,30H2,1-6H3,(H,68,69,70)(H,71,72,73)(H2,55,56,57,58,59). The second kappa shape index (κ2) is 24.5. The highest BCUT2D eigenvalue weighted by atomic mass is 32.2. The first-order valence-electron chi connectivity index (χ1n) is 23.9. The summed E-state index contributed by atoms with van der Waals surface area (Å²) in [7, 11) is -9.10. The predicted octanol–water partition coefficient (Wildman–Crippen LogP) is 14.6. The molecule has 26 heteroatoms. The molecule has 3 aromatic heterocycles. The fraction of sp³-hybridized carbons (Fsp3) is 0.212. The molecule has 5 aromatic carbocycles. The van der Waals surface area contributed by atoms with E-state index in [9.17, 15) is 25.9 Å². The van der Waals surface area contributed by atoms with Crippen LogP contribution in [-0.2, 0) is 26.0 Å². The maximum Gasteiger partial charge on any atom is 0.294 e. The van der Waals surface area contributed by atoms with Crippen LogP contribution >= 0.6 is 34.8 Å². The first-order chi connectivity index (χ1) is 37.4. The van der Waals surface area contributed by atoms with E-state index in [1.165, 1.54) is 36.0 Å². The van der Waals surface area contributed by atoms with Crippen molar-refractivity contribution in [3.8, 4) is 22.5 Å². The van der Waals surface area contributed by atoms with Crippen LogP contribution in [0.4, 0.5) is 67.4 Å². The average molecular weight is 1140 g/mol. The van der Waals surface area contributed by atoms with Gasteiger partial charge in [0, 0.05) is 43.3 Å². The molecule has 8 aromatic rings. The normalized spacial score (nSPS) is 11.7. The molecule has 78 heavy (non-hydrogen) atoms. The molecule has 8 rings (SSSR count). The lowest BCUT2D eigenvalue weighted by molar-refractivity contribution is 0.480. The highest BCUT2D eigenvalue weighted by Crippen LogP contribution is 2.46. The summed E-state index contributed by atoms with van der Waals surface area (Å²) in [5.41, 5.74) is 6.13. The van der Waals surface area contributed by atoms with Crippen molar-refractivity contribution in [1.29, 1.82) is 0 Å². The van der Waals surface area contributed by atoms with Crippen molar-refractivity contribution < 1.29 is 25.9 Å². The zero-order chi connectivity index (χ0) is 55.7. The van der Waals surface area contributed by atoms with E-state index in [0.717, 1.165) is 40.0 Å². The third kappa shape index (κ3) is 13.0. The van der Waals surface area contributed by atoms with Gasteiger partial charge in [0.2, 0.25) is 11.9 Å². The predicted molar refractivity (Wildman–Crippen MR) is 307 cm³/mol. The van der Waals surface area contributed by atoms with E-state index >= 15 is 0 Å². The van der Waals surface area contributed by atoms with Gasteiger partial charge < -0.3 is 20.4 Å². The third-order valence-electron chi connectivity index (χ3n) is 12.0. The Morgan fingerprint density at radius 3 is 1.42 bits per heavy atom. The van der Waals surface area contributed by atoms with Crippen LogP contribution in [-0.4, -0.2) is 75.8 Å². The molecule has 0 amide bonds. The number of azo groups is 2. The highest BCUT2D eigenvalue weighted by molar-refractivity contribution is 7.98. The molecule has 0 bridgehead atoms. The molecule has 4 N–H and O–H groups in total. The molecule has 0 radical (unpaired) electrons. The number of anilines is 6. The second-order valence-corrected chi connectivity index (χ2v) is 22.2. The smallest absolute Gasteiger partial charge is 0.294 e. The number of nitrogens with zero attached hydrogens (tertiary/aromatic N) is 13. The molecule has 0 aliphatic carbocycles. The first-order valence-corrected chi connectivity index (χ1v) is 29.4. The van der Waals surface area contributed by atoms with Crippen LogP contribution in [0.3, 0.4) is 0 Å². The molecule has 0 atom stereocenters. The monoisotopic (exact) mass is 1140 g/mol. The van der Waals surface area contributed by atoms with Gasteiger partial charge in [0.05, 0.1) is 45.7 Å². The van der Waals surface area contributed by atoms with Gasteiger partial charge in [0.25, 0.3) is 31.6 Å². The van der Waals surface area contributed by atoms with Crippen molar-refractivity contribution in [2.75, 3.05) is 46.6 Å². The van der Waals surface area contributed by atoms with Gasteiger partial charge in [-0.2, -0.15) is 31.8 Å². The molecule has 0 aliphatic heterocycles. The van der Waals surface area contributed by atoms with Crippen LogP contribution in [0.15, 0.2) is 139 Å². The van der Waals surface area contributed by atoms with Crippen molar-refractivity contribution in [3.05, 3.63) is 143 Å². The number of benzene rings is 5. The number of thioether (sulfide) groups is 1. The van der Waals surface area contributed by atoms with E-state index in [1.54, 1.807) is 38.1 Å². The molecule has 0 fully saturated rings. The summed E-state index contributed by atoms with van der Waals surface area (Å²) in [6.45, 7) is 30.2. The molecule has 0 saturated heterocycles. The Labute approximate surface area is 463 Å². The summed E-state index contributed by atoms with van der Waals surface area (Å²) in [5.74, 6) is 0.807. The van der Waals surface area contributed by atoms with E-state index in [-0.39, 0.29) is 54.5 Å². The van der Waals surface area contributed by atoms with Crippen LogP contribution in [0.2, 0.25) is 0 Å². The molecule has 21 nitrogen and oxygen atoms in total. The Hall–Kier alpha value is -8.08. The third-order valence-corrected chi connectivity index (χ3v) is 16.4. The number of rotatable bonds is 21. The summed E-state index contributed by atoms with van der Waals surface area (Å²) in [4.78, 5) is 25.7. The quantitative estimate of drug-likeness (QED) is 0.0226. The Bertz CT molecular complexity index is 3680. The number of hydrogen-bond acceptors (Lipinski definition) is 20. The van der Waals surface area contributed by atoms with Gasteiger partial charge in [-0.05, 0) is 141 Å². The lowest BCUT2D eigenvalue weighted by Crippen LogP contribution is -2.21. The molecule has 0 unspecified atom stereocenters. The van der Waals surface area contributed by atoms with E-state index < -0.39 is 20.2 Å². The zero-order valence-electron chi connectivity index (χ0n) is 42.7. The maximum absolute atomic E-state index is 12.1. The fourth-order valence-electron chi connectivity index (χ4n) is 8.00. The van der Waals surface area contributed by atoms with Crippen LogP contribution in [0.1, 0.15) is 44.4 Å². The van der Waals surface area contributed by atoms with E-state index in [2.05, 4.69) is 59.3 Å². The molecule has 3 heterocycles.